The maximum atomic E-state index is 12.2. The van der Waals surface area contributed by atoms with Crippen molar-refractivity contribution >= 4 is 0 Å². The topological polar surface area (TPSA) is 90.6 Å². The Labute approximate surface area is 167 Å². The van der Waals surface area contributed by atoms with Crippen molar-refractivity contribution in [1.82, 2.24) is 29.5 Å². The van der Waals surface area contributed by atoms with Gasteiger partial charge in [-0.2, -0.15) is 10.2 Å². The Bertz CT molecular complexity index is 1200. The van der Waals surface area contributed by atoms with Crippen molar-refractivity contribution in [3.63, 3.8) is 0 Å². The molecule has 0 radical (unpaired) electrons. The first kappa shape index (κ1) is 18.7. The van der Waals surface area contributed by atoms with E-state index >= 15 is 0 Å². The van der Waals surface area contributed by atoms with E-state index in [-0.39, 0.29) is 5.56 Å². The van der Waals surface area contributed by atoms with Gasteiger partial charge in [-0.3, -0.25) is 9.48 Å². The van der Waals surface area contributed by atoms with Gasteiger partial charge < -0.3 is 9.72 Å². The van der Waals surface area contributed by atoms with E-state index in [0.29, 0.717) is 24.4 Å². The third-order valence-corrected chi connectivity index (χ3v) is 4.78. The molecule has 3 heterocycles. The fraction of sp³-hybridized carbons (Fsp3) is 0.238. The number of rotatable bonds is 6. The van der Waals surface area contributed by atoms with E-state index in [4.69, 9.17) is 9.72 Å². The third-order valence-electron chi connectivity index (χ3n) is 4.78. The molecule has 0 unspecified atom stereocenters. The van der Waals surface area contributed by atoms with Crippen molar-refractivity contribution in [1.29, 1.82) is 0 Å². The zero-order valence-electron chi connectivity index (χ0n) is 16.6. The van der Waals surface area contributed by atoms with Crippen LogP contribution < -0.4 is 10.3 Å². The van der Waals surface area contributed by atoms with Crippen LogP contribution in [0.5, 0.6) is 5.75 Å². The van der Waals surface area contributed by atoms with Gasteiger partial charge in [0.05, 0.1) is 24.9 Å². The van der Waals surface area contributed by atoms with Gasteiger partial charge in [-0.15, -0.1) is 0 Å². The Morgan fingerprint density at radius 2 is 1.93 bits per heavy atom. The lowest BCUT2D eigenvalue weighted by molar-refractivity contribution is 0.407. The summed E-state index contributed by atoms with van der Waals surface area (Å²) in [5.41, 5.74) is 3.22. The monoisotopic (exact) mass is 390 g/mol. The minimum Gasteiger partial charge on any atom is -0.496 e. The predicted octanol–water partition coefficient (Wildman–Crippen LogP) is 2.32. The molecule has 0 aliphatic carbocycles. The largest absolute Gasteiger partial charge is 0.496 e. The molecular formula is C21H22N6O2. The Kier molecular flexibility index (Phi) is 4.99. The summed E-state index contributed by atoms with van der Waals surface area (Å²) in [5, 5.41) is 9.06. The fourth-order valence-corrected chi connectivity index (χ4v) is 3.33. The zero-order valence-corrected chi connectivity index (χ0v) is 16.6. The van der Waals surface area contributed by atoms with E-state index in [1.54, 1.807) is 30.1 Å². The summed E-state index contributed by atoms with van der Waals surface area (Å²) in [6.07, 6.45) is 4.14. The van der Waals surface area contributed by atoms with Gasteiger partial charge in [-0.1, -0.05) is 18.2 Å². The smallest absolute Gasteiger partial charge is 0.259 e. The van der Waals surface area contributed by atoms with E-state index in [1.807, 2.05) is 49.1 Å². The molecule has 4 aromatic rings. The summed E-state index contributed by atoms with van der Waals surface area (Å²) in [6, 6.07) is 11.3. The van der Waals surface area contributed by atoms with Gasteiger partial charge in [-0.25, -0.2) is 9.67 Å². The molecule has 0 saturated carbocycles. The number of ether oxygens (including phenoxy) is 1. The lowest BCUT2D eigenvalue weighted by atomic mass is 10.1. The summed E-state index contributed by atoms with van der Waals surface area (Å²) in [7, 11) is 3.54. The lowest BCUT2D eigenvalue weighted by Gasteiger charge is -2.10. The van der Waals surface area contributed by atoms with Crippen LogP contribution in [0.3, 0.4) is 0 Å². The lowest BCUT2D eigenvalue weighted by Crippen LogP contribution is -2.09. The number of methoxy groups -OCH3 is 1. The Balaban J connectivity index is 1.78. The van der Waals surface area contributed by atoms with Crippen LogP contribution in [-0.4, -0.2) is 36.6 Å². The molecule has 0 saturated heterocycles. The second-order valence-electron chi connectivity index (χ2n) is 6.82. The van der Waals surface area contributed by atoms with Crippen LogP contribution in [0.4, 0.5) is 0 Å². The standard InChI is InChI=1S/C21H22N6O2/c1-14-16(12-26(2)24-14)11-19-23-20(17-8-6-10-22-21(17)28)25-27(19)13-15-7-4-5-9-18(15)29-3/h4-10,12H,11,13H2,1-3H3,(H,22,28). The predicted molar refractivity (Wildman–Crippen MR) is 109 cm³/mol. The van der Waals surface area contributed by atoms with Crippen LogP contribution in [0.15, 0.2) is 53.6 Å². The van der Waals surface area contributed by atoms with E-state index in [2.05, 4.69) is 15.2 Å². The molecule has 3 aromatic heterocycles. The second kappa shape index (κ2) is 7.75. The summed E-state index contributed by atoms with van der Waals surface area (Å²) >= 11 is 0. The number of nitrogens with zero attached hydrogens (tertiary/aromatic N) is 5. The maximum absolute atomic E-state index is 12.2. The summed E-state index contributed by atoms with van der Waals surface area (Å²) in [4.78, 5) is 19.6. The number of para-hydroxylation sites is 1. The number of aromatic nitrogens is 6. The fourth-order valence-electron chi connectivity index (χ4n) is 3.33. The quantitative estimate of drug-likeness (QED) is 0.546. The van der Waals surface area contributed by atoms with Gasteiger partial charge in [0, 0.05) is 37.0 Å². The minimum absolute atomic E-state index is 0.217. The zero-order chi connectivity index (χ0) is 20.4. The minimum atomic E-state index is -0.217. The molecule has 0 aliphatic rings. The molecular weight excluding hydrogens is 368 g/mol. The van der Waals surface area contributed by atoms with Crippen LogP contribution >= 0.6 is 0 Å². The van der Waals surface area contributed by atoms with Gasteiger partial charge in [0.2, 0.25) is 0 Å². The molecule has 0 atom stereocenters. The van der Waals surface area contributed by atoms with Crippen molar-refractivity contribution in [2.75, 3.05) is 7.11 Å². The second-order valence-corrected chi connectivity index (χ2v) is 6.82. The molecule has 0 fully saturated rings. The molecule has 1 N–H and O–H groups in total. The average molecular weight is 390 g/mol. The number of hydrogen-bond donors (Lipinski definition) is 1. The third kappa shape index (κ3) is 3.82. The van der Waals surface area contributed by atoms with Crippen molar-refractivity contribution in [2.45, 2.75) is 19.9 Å². The summed E-state index contributed by atoms with van der Waals surface area (Å²) < 4.78 is 9.09. The molecule has 0 bridgehead atoms. The maximum Gasteiger partial charge on any atom is 0.259 e. The number of aryl methyl sites for hydroxylation is 2. The number of pyridine rings is 1. The van der Waals surface area contributed by atoms with Gasteiger partial charge in [0.1, 0.15) is 11.6 Å². The van der Waals surface area contributed by atoms with E-state index in [1.165, 1.54) is 0 Å². The first-order valence-corrected chi connectivity index (χ1v) is 9.28. The molecule has 0 amide bonds. The van der Waals surface area contributed by atoms with Crippen LogP contribution in [0, 0.1) is 6.92 Å². The molecule has 148 valence electrons. The Morgan fingerprint density at radius 3 is 2.66 bits per heavy atom. The first-order chi connectivity index (χ1) is 14.0. The van der Waals surface area contributed by atoms with Crippen LogP contribution in [0.2, 0.25) is 0 Å². The van der Waals surface area contributed by atoms with Crippen molar-refractivity contribution in [3.8, 4) is 17.1 Å². The van der Waals surface area contributed by atoms with E-state index < -0.39 is 0 Å². The van der Waals surface area contributed by atoms with E-state index in [0.717, 1.165) is 28.4 Å². The van der Waals surface area contributed by atoms with Crippen molar-refractivity contribution < 1.29 is 4.74 Å². The van der Waals surface area contributed by atoms with Gasteiger partial charge in [0.25, 0.3) is 5.56 Å². The highest BCUT2D eigenvalue weighted by molar-refractivity contribution is 5.52. The molecule has 0 aliphatic heterocycles. The molecule has 29 heavy (non-hydrogen) atoms. The summed E-state index contributed by atoms with van der Waals surface area (Å²) in [5.74, 6) is 1.94. The number of aromatic amines is 1. The molecule has 0 spiro atoms. The van der Waals surface area contributed by atoms with Crippen LogP contribution in [0.25, 0.3) is 11.4 Å². The normalized spacial score (nSPS) is 11.0. The highest BCUT2D eigenvalue weighted by Crippen LogP contribution is 2.21. The number of benzene rings is 1. The number of nitrogens with one attached hydrogen (secondary N) is 1. The van der Waals surface area contributed by atoms with Gasteiger partial charge >= 0.3 is 0 Å². The Morgan fingerprint density at radius 1 is 1.10 bits per heavy atom. The van der Waals surface area contributed by atoms with Crippen LogP contribution in [0.1, 0.15) is 22.6 Å². The van der Waals surface area contributed by atoms with Gasteiger partial charge in [-0.05, 0) is 25.1 Å². The highest BCUT2D eigenvalue weighted by Gasteiger charge is 2.17. The first-order valence-electron chi connectivity index (χ1n) is 9.28. The Hall–Kier alpha value is -3.68. The molecule has 1 aromatic carbocycles. The van der Waals surface area contributed by atoms with Crippen molar-refractivity contribution in [2.24, 2.45) is 7.05 Å². The highest BCUT2D eigenvalue weighted by atomic mass is 16.5. The molecule has 8 nitrogen and oxygen atoms in total. The molecule has 8 heteroatoms. The number of hydrogen-bond acceptors (Lipinski definition) is 5. The van der Waals surface area contributed by atoms with Gasteiger partial charge in [0.15, 0.2) is 5.82 Å². The molecule has 4 rings (SSSR count). The average Bonchev–Trinajstić information content (AvgIpc) is 3.25. The van der Waals surface area contributed by atoms with E-state index in [9.17, 15) is 4.79 Å². The van der Waals surface area contributed by atoms with Crippen molar-refractivity contribution in [3.05, 3.63) is 81.8 Å². The van der Waals surface area contributed by atoms with Crippen LogP contribution in [-0.2, 0) is 20.0 Å². The SMILES string of the molecule is COc1ccccc1Cn1nc(-c2ccc[nH]c2=O)nc1Cc1cn(C)nc1C. The number of H-pyrrole nitrogens is 1. The summed E-state index contributed by atoms with van der Waals surface area (Å²) in [6.45, 7) is 2.45.